The number of nitrogens with zero attached hydrogens (tertiary/aromatic N) is 2. The van der Waals surface area contributed by atoms with Crippen LogP contribution in [0.1, 0.15) is 30.5 Å². The Morgan fingerprint density at radius 3 is 2.24 bits per heavy atom. The van der Waals surface area contributed by atoms with E-state index in [0.29, 0.717) is 12.2 Å². The van der Waals surface area contributed by atoms with Crippen molar-refractivity contribution < 1.29 is 23.1 Å². The summed E-state index contributed by atoms with van der Waals surface area (Å²) in [5.41, 5.74) is 4.29. The molecular formula is C34H42N4O5S2. The van der Waals surface area contributed by atoms with Gasteiger partial charge in [-0.2, -0.15) is 4.31 Å². The van der Waals surface area contributed by atoms with Gasteiger partial charge in [0.2, 0.25) is 10.0 Å². The lowest BCUT2D eigenvalue weighted by molar-refractivity contribution is -0.124. The number of rotatable bonds is 15. The summed E-state index contributed by atoms with van der Waals surface area (Å²) in [5, 5.41) is 20.1. The summed E-state index contributed by atoms with van der Waals surface area (Å²) >= 11 is 1.47. The number of para-hydroxylation sites is 1. The number of aryl methyl sites for hydroxylation is 2. The maximum atomic E-state index is 13.9. The van der Waals surface area contributed by atoms with Crippen molar-refractivity contribution in [3.63, 3.8) is 0 Å². The smallest absolute Gasteiger partial charge is 0.258 e. The lowest BCUT2D eigenvalue weighted by Crippen LogP contribution is -2.52. The number of hydrogen-bond donors (Lipinski definition) is 3. The molecule has 2 atom stereocenters. The number of ether oxygens (including phenoxy) is 1. The molecule has 0 saturated heterocycles. The normalized spacial score (nSPS) is 13.1. The Morgan fingerprint density at radius 1 is 0.978 bits per heavy atom. The summed E-state index contributed by atoms with van der Waals surface area (Å²) in [6.07, 6.45) is -0.888. The average Bonchev–Trinajstić information content (AvgIpc) is 3.50. The van der Waals surface area contributed by atoms with Crippen LogP contribution in [0.4, 0.5) is 5.13 Å². The SMILES string of the molecule is CNc1nc(-c2ccc(S(=O)(=O)N(CC(C)C)C[C@@H](O)[C@H](Cc3ccccc3)NC(=O)COc3c(C)cccc3C)cc2)cs1. The highest BCUT2D eigenvalue weighted by Gasteiger charge is 2.31. The molecule has 1 aromatic heterocycles. The van der Waals surface area contributed by atoms with Crippen LogP contribution in [0.5, 0.6) is 5.75 Å². The van der Waals surface area contributed by atoms with E-state index in [-0.39, 0.29) is 30.5 Å². The quantitative estimate of drug-likeness (QED) is 0.160. The summed E-state index contributed by atoms with van der Waals surface area (Å²) in [6, 6.07) is 21.1. The molecule has 0 spiro atoms. The number of aromatic nitrogens is 1. The monoisotopic (exact) mass is 650 g/mol. The van der Waals surface area contributed by atoms with Crippen molar-refractivity contribution in [2.24, 2.45) is 5.92 Å². The van der Waals surface area contributed by atoms with Crippen LogP contribution in [0.15, 0.2) is 83.1 Å². The molecule has 0 radical (unpaired) electrons. The highest BCUT2D eigenvalue weighted by atomic mass is 32.2. The number of hydrogen-bond acceptors (Lipinski definition) is 8. The van der Waals surface area contributed by atoms with Crippen LogP contribution in [0.25, 0.3) is 11.3 Å². The van der Waals surface area contributed by atoms with E-state index in [9.17, 15) is 18.3 Å². The maximum Gasteiger partial charge on any atom is 0.258 e. The number of amides is 1. The van der Waals surface area contributed by atoms with Gasteiger partial charge in [-0.05, 0) is 55.0 Å². The number of carbonyl (C=O) groups is 1. The Bertz CT molecular complexity index is 1640. The van der Waals surface area contributed by atoms with E-state index in [2.05, 4.69) is 15.6 Å². The molecule has 0 bridgehead atoms. The number of sulfonamides is 1. The third kappa shape index (κ3) is 9.13. The number of aliphatic hydroxyl groups excluding tert-OH is 1. The molecule has 0 unspecified atom stereocenters. The largest absolute Gasteiger partial charge is 0.483 e. The second-order valence-electron chi connectivity index (χ2n) is 11.5. The second-order valence-corrected chi connectivity index (χ2v) is 14.3. The third-order valence-corrected chi connectivity index (χ3v) is 10.0. The van der Waals surface area contributed by atoms with Gasteiger partial charge in [-0.15, -0.1) is 11.3 Å². The van der Waals surface area contributed by atoms with E-state index in [1.165, 1.54) is 15.6 Å². The number of thiazole rings is 1. The average molecular weight is 651 g/mol. The fraction of sp³-hybridized carbons (Fsp3) is 0.353. The predicted octanol–water partition coefficient (Wildman–Crippen LogP) is 5.28. The van der Waals surface area contributed by atoms with Crippen molar-refractivity contribution >= 4 is 32.4 Å². The van der Waals surface area contributed by atoms with Gasteiger partial charge in [0.05, 0.1) is 22.7 Å². The molecule has 240 valence electrons. The first-order valence-corrected chi connectivity index (χ1v) is 17.2. The van der Waals surface area contributed by atoms with Crippen LogP contribution in [0.3, 0.4) is 0 Å². The van der Waals surface area contributed by atoms with Gasteiger partial charge in [0.25, 0.3) is 5.91 Å². The van der Waals surface area contributed by atoms with Crippen molar-refractivity contribution in [1.29, 1.82) is 0 Å². The van der Waals surface area contributed by atoms with E-state index in [1.807, 2.05) is 81.6 Å². The van der Waals surface area contributed by atoms with Crippen molar-refractivity contribution in [2.45, 2.75) is 51.2 Å². The van der Waals surface area contributed by atoms with Crippen molar-refractivity contribution in [3.8, 4) is 17.0 Å². The number of anilines is 1. The first-order chi connectivity index (χ1) is 21.5. The van der Waals surface area contributed by atoms with Crippen molar-refractivity contribution in [2.75, 3.05) is 32.1 Å². The lowest BCUT2D eigenvalue weighted by atomic mass is 10.0. The predicted molar refractivity (Wildman–Crippen MR) is 180 cm³/mol. The highest BCUT2D eigenvalue weighted by molar-refractivity contribution is 7.89. The maximum absolute atomic E-state index is 13.9. The molecule has 0 aliphatic carbocycles. The highest BCUT2D eigenvalue weighted by Crippen LogP contribution is 2.27. The molecule has 0 saturated carbocycles. The first kappa shape index (κ1) is 34.1. The van der Waals surface area contributed by atoms with Crippen LogP contribution < -0.4 is 15.4 Å². The molecule has 4 aromatic rings. The van der Waals surface area contributed by atoms with Crippen LogP contribution in [0.2, 0.25) is 0 Å². The fourth-order valence-corrected chi connectivity index (χ4v) is 7.35. The fourth-order valence-electron chi connectivity index (χ4n) is 5.05. The summed E-state index contributed by atoms with van der Waals surface area (Å²) in [6.45, 7) is 7.44. The standard InChI is InChI=1S/C34H42N4O5S2/c1-23(2)19-38(45(41,42)28-16-14-27(15-17-28)30-22-44-34(35-5)37-30)20-31(39)29(18-26-12-7-6-8-13-26)36-32(40)21-43-33-24(3)10-9-11-25(33)4/h6-17,22-23,29,31,39H,18-21H2,1-5H3,(H,35,37)(H,36,40)/t29-,31+/m0/s1. The molecule has 1 heterocycles. The zero-order valence-corrected chi connectivity index (χ0v) is 28.0. The second kappa shape index (κ2) is 15.5. The minimum Gasteiger partial charge on any atom is -0.483 e. The molecule has 0 aliphatic heterocycles. The first-order valence-electron chi connectivity index (χ1n) is 14.9. The summed E-state index contributed by atoms with van der Waals surface area (Å²) in [4.78, 5) is 17.7. The van der Waals surface area contributed by atoms with Crippen LogP contribution in [0, 0.1) is 19.8 Å². The Kier molecular flexibility index (Phi) is 11.7. The molecule has 45 heavy (non-hydrogen) atoms. The molecule has 4 rings (SSSR count). The summed E-state index contributed by atoms with van der Waals surface area (Å²) in [5.74, 6) is 0.231. The van der Waals surface area contributed by atoms with Gasteiger partial charge in [-0.25, -0.2) is 13.4 Å². The zero-order valence-electron chi connectivity index (χ0n) is 26.4. The minimum atomic E-state index is -3.97. The lowest BCUT2D eigenvalue weighted by Gasteiger charge is -2.31. The Hall–Kier alpha value is -3.77. The molecule has 3 N–H and O–H groups in total. The topological polar surface area (TPSA) is 121 Å². The summed E-state index contributed by atoms with van der Waals surface area (Å²) < 4.78 is 35.0. The molecule has 0 aliphatic rings. The van der Waals surface area contributed by atoms with Gasteiger partial charge in [-0.1, -0.05) is 74.5 Å². The zero-order chi connectivity index (χ0) is 32.6. The van der Waals surface area contributed by atoms with E-state index in [4.69, 9.17) is 4.74 Å². The van der Waals surface area contributed by atoms with Crippen LogP contribution in [-0.4, -0.2) is 67.6 Å². The van der Waals surface area contributed by atoms with Crippen molar-refractivity contribution in [1.82, 2.24) is 14.6 Å². The minimum absolute atomic E-state index is 0.00543. The van der Waals surface area contributed by atoms with E-state index >= 15 is 0 Å². The van der Waals surface area contributed by atoms with E-state index < -0.39 is 28.1 Å². The molecular weight excluding hydrogens is 609 g/mol. The molecule has 3 aromatic carbocycles. The third-order valence-electron chi connectivity index (χ3n) is 7.33. The number of carbonyl (C=O) groups excluding carboxylic acids is 1. The van der Waals surface area contributed by atoms with Crippen LogP contribution in [-0.2, 0) is 21.2 Å². The van der Waals surface area contributed by atoms with Crippen LogP contribution >= 0.6 is 11.3 Å². The Balaban J connectivity index is 1.53. The Morgan fingerprint density at radius 2 is 1.64 bits per heavy atom. The van der Waals surface area contributed by atoms with E-state index in [1.54, 1.807) is 31.3 Å². The summed E-state index contributed by atoms with van der Waals surface area (Å²) in [7, 11) is -2.18. The van der Waals surface area contributed by atoms with Gasteiger partial charge in [0, 0.05) is 31.1 Å². The molecule has 9 nitrogen and oxygen atoms in total. The molecule has 0 fully saturated rings. The van der Waals surface area contributed by atoms with Gasteiger partial charge < -0.3 is 20.5 Å². The number of benzene rings is 3. The van der Waals surface area contributed by atoms with Gasteiger partial charge >= 0.3 is 0 Å². The van der Waals surface area contributed by atoms with Gasteiger partial charge in [0.1, 0.15) is 5.75 Å². The van der Waals surface area contributed by atoms with Crippen molar-refractivity contribution in [3.05, 3.63) is 94.9 Å². The number of aliphatic hydroxyl groups is 1. The number of nitrogens with one attached hydrogen (secondary N) is 2. The van der Waals surface area contributed by atoms with E-state index in [0.717, 1.165) is 33.1 Å². The molecule has 1 amide bonds. The Labute approximate surface area is 270 Å². The molecule has 11 heteroatoms. The van der Waals surface area contributed by atoms with Gasteiger partial charge in [-0.3, -0.25) is 4.79 Å². The van der Waals surface area contributed by atoms with Gasteiger partial charge in [0.15, 0.2) is 11.7 Å².